The van der Waals surface area contributed by atoms with Gasteiger partial charge in [0.05, 0.1) is 16.8 Å². The van der Waals surface area contributed by atoms with E-state index in [0.29, 0.717) is 5.69 Å². The Balaban J connectivity index is 1.78. The van der Waals surface area contributed by atoms with Gasteiger partial charge in [0.25, 0.3) is 0 Å². The van der Waals surface area contributed by atoms with E-state index >= 15 is 0 Å². The van der Waals surface area contributed by atoms with E-state index in [0.717, 1.165) is 54.2 Å². The van der Waals surface area contributed by atoms with Gasteiger partial charge in [0.2, 0.25) is 0 Å². The van der Waals surface area contributed by atoms with Crippen molar-refractivity contribution in [3.63, 3.8) is 0 Å². The van der Waals surface area contributed by atoms with Crippen LogP contribution in [0.5, 0.6) is 5.75 Å². The quantitative estimate of drug-likeness (QED) is 0.280. The molecule has 0 aromatic heterocycles. The van der Waals surface area contributed by atoms with E-state index in [1.807, 2.05) is 32.2 Å². The van der Waals surface area contributed by atoms with Crippen LogP contribution in [-0.2, 0) is 17.9 Å². The summed E-state index contributed by atoms with van der Waals surface area (Å²) >= 11 is 0. The first-order valence-electron chi connectivity index (χ1n) is 13.8. The van der Waals surface area contributed by atoms with Crippen LogP contribution in [0.25, 0.3) is 0 Å². The number of carboxylic acid groups (broad SMARTS) is 1. The van der Waals surface area contributed by atoms with Crippen molar-refractivity contribution in [3.05, 3.63) is 88.0 Å². The molecule has 2 unspecified atom stereocenters. The Morgan fingerprint density at radius 3 is 2.56 bits per heavy atom. The van der Waals surface area contributed by atoms with Crippen molar-refractivity contribution in [3.8, 4) is 5.75 Å². The monoisotopic (exact) mass is 529 g/mol. The van der Waals surface area contributed by atoms with E-state index in [2.05, 4.69) is 67.4 Å². The predicted molar refractivity (Wildman–Crippen MR) is 159 cm³/mol. The fourth-order valence-corrected chi connectivity index (χ4v) is 5.76. The largest absolute Gasteiger partial charge is 0.486 e. The lowest BCUT2D eigenvalue weighted by molar-refractivity contribution is -0.147. The van der Waals surface area contributed by atoms with Crippen molar-refractivity contribution in [2.75, 3.05) is 24.6 Å². The molecule has 3 aromatic rings. The van der Waals surface area contributed by atoms with Crippen molar-refractivity contribution in [2.24, 2.45) is 5.41 Å². The minimum Gasteiger partial charge on any atom is -0.486 e. The Hall–Kier alpha value is -3.51. The number of nitrogens with one attached hydrogen (secondary N) is 1. The van der Waals surface area contributed by atoms with Crippen LogP contribution in [0, 0.1) is 19.3 Å². The third-order valence-electron chi connectivity index (χ3n) is 8.54. The molecule has 0 amide bonds. The molecule has 0 spiro atoms. The summed E-state index contributed by atoms with van der Waals surface area (Å²) in [5.74, 6) is -0.266. The average molecular weight is 530 g/mol. The number of nitrogens with two attached hydrogens (primary N) is 1. The highest BCUT2D eigenvalue weighted by Crippen LogP contribution is 2.45. The fourth-order valence-electron chi connectivity index (χ4n) is 5.76. The SMILES string of the molecule is CCC1(C)CN(Cc2cc(C(c3ccc(NC)c(N)c3C)C(C)(C)C(=O)O)ccc2C)Cc2ccccc2O1. The summed E-state index contributed by atoms with van der Waals surface area (Å²) in [6.45, 7) is 14.4. The zero-order chi connectivity index (χ0) is 28.5. The van der Waals surface area contributed by atoms with Crippen molar-refractivity contribution < 1.29 is 14.6 Å². The molecule has 2 atom stereocenters. The first-order chi connectivity index (χ1) is 18.4. The highest BCUT2D eigenvalue weighted by molar-refractivity contribution is 5.78. The number of nitrogens with zero attached hydrogens (tertiary/aromatic N) is 1. The summed E-state index contributed by atoms with van der Waals surface area (Å²) in [6, 6.07) is 18.6. The van der Waals surface area contributed by atoms with Crippen LogP contribution in [0.3, 0.4) is 0 Å². The Bertz CT molecular complexity index is 1370. The second-order valence-corrected chi connectivity index (χ2v) is 11.8. The lowest BCUT2D eigenvalue weighted by atomic mass is 9.69. The first kappa shape index (κ1) is 28.5. The number of carboxylic acids is 1. The number of ether oxygens (including phenoxy) is 1. The smallest absolute Gasteiger partial charge is 0.310 e. The summed E-state index contributed by atoms with van der Waals surface area (Å²) in [7, 11) is 1.84. The Morgan fingerprint density at radius 2 is 1.90 bits per heavy atom. The van der Waals surface area contributed by atoms with Gasteiger partial charge in [0, 0.05) is 38.2 Å². The molecule has 1 aliphatic heterocycles. The van der Waals surface area contributed by atoms with Gasteiger partial charge < -0.3 is 20.9 Å². The summed E-state index contributed by atoms with van der Waals surface area (Å²) in [5.41, 5.74) is 13.0. The summed E-state index contributed by atoms with van der Waals surface area (Å²) < 4.78 is 6.50. The summed E-state index contributed by atoms with van der Waals surface area (Å²) in [5, 5.41) is 13.5. The van der Waals surface area contributed by atoms with Gasteiger partial charge in [-0.1, -0.05) is 49.4 Å². The molecule has 6 nitrogen and oxygen atoms in total. The van der Waals surface area contributed by atoms with Crippen molar-refractivity contribution in [2.45, 2.75) is 72.6 Å². The van der Waals surface area contributed by atoms with Crippen molar-refractivity contribution >= 4 is 17.3 Å². The van der Waals surface area contributed by atoms with Gasteiger partial charge in [-0.25, -0.2) is 0 Å². The van der Waals surface area contributed by atoms with Gasteiger partial charge >= 0.3 is 5.97 Å². The number of benzene rings is 3. The lowest BCUT2D eigenvalue weighted by Gasteiger charge is -2.34. The highest BCUT2D eigenvalue weighted by Gasteiger charge is 2.40. The molecule has 39 heavy (non-hydrogen) atoms. The van der Waals surface area contributed by atoms with Gasteiger partial charge in [-0.2, -0.15) is 0 Å². The molecule has 0 aliphatic carbocycles. The van der Waals surface area contributed by atoms with Crippen molar-refractivity contribution in [1.29, 1.82) is 0 Å². The molecule has 0 bridgehead atoms. The normalized spacial score (nSPS) is 18.5. The number of anilines is 2. The van der Waals surface area contributed by atoms with Crippen molar-refractivity contribution in [1.82, 2.24) is 4.90 Å². The molecule has 0 saturated carbocycles. The van der Waals surface area contributed by atoms with E-state index in [1.165, 1.54) is 16.7 Å². The summed E-state index contributed by atoms with van der Waals surface area (Å²) in [4.78, 5) is 15.0. The molecule has 208 valence electrons. The van der Waals surface area contributed by atoms with Crippen LogP contribution >= 0.6 is 0 Å². The Kier molecular flexibility index (Phi) is 7.99. The molecule has 0 radical (unpaired) electrons. The number of aryl methyl sites for hydroxylation is 1. The lowest BCUT2D eigenvalue weighted by Crippen LogP contribution is -2.42. The zero-order valence-electron chi connectivity index (χ0n) is 24.4. The average Bonchev–Trinajstić information content (AvgIpc) is 3.04. The second kappa shape index (κ2) is 10.9. The van der Waals surface area contributed by atoms with Crippen LogP contribution in [0.2, 0.25) is 0 Å². The van der Waals surface area contributed by atoms with Crippen LogP contribution in [0.1, 0.15) is 73.4 Å². The van der Waals surface area contributed by atoms with E-state index < -0.39 is 11.4 Å². The van der Waals surface area contributed by atoms with E-state index in [-0.39, 0.29) is 11.5 Å². The number of carbonyl (C=O) groups is 1. The highest BCUT2D eigenvalue weighted by atomic mass is 16.5. The molecular weight excluding hydrogens is 486 g/mol. The second-order valence-electron chi connectivity index (χ2n) is 11.8. The number of fused-ring (bicyclic) bond motifs is 1. The number of hydrogen-bond acceptors (Lipinski definition) is 5. The number of nitrogen functional groups attached to an aromatic ring is 1. The Morgan fingerprint density at radius 1 is 1.18 bits per heavy atom. The minimum absolute atomic E-state index is 0.296. The number of rotatable bonds is 8. The molecule has 0 fully saturated rings. The van der Waals surface area contributed by atoms with Crippen LogP contribution in [0.4, 0.5) is 11.4 Å². The molecule has 0 saturated heterocycles. The standard InChI is InChI=1S/C33H43N3O3/c1-8-33(6)20-36(18-24-11-9-10-12-28(24)39-33)19-25-17-23(14-13-21(25)2)29(32(4,5)31(37)38)26-15-16-27(35-7)30(34)22(26)3/h9-17,29,35H,8,18-20,34H2,1-7H3,(H,37,38). The first-order valence-corrected chi connectivity index (χ1v) is 13.8. The van der Waals surface area contributed by atoms with Gasteiger partial charge in [0.1, 0.15) is 11.4 Å². The number of aliphatic carboxylic acids is 1. The molecule has 1 aliphatic rings. The molecule has 4 rings (SSSR count). The van der Waals surface area contributed by atoms with Crippen LogP contribution in [0.15, 0.2) is 54.6 Å². The third-order valence-corrected chi connectivity index (χ3v) is 8.54. The Labute approximate surface area is 233 Å². The minimum atomic E-state index is -1.05. The predicted octanol–water partition coefficient (Wildman–Crippen LogP) is 6.73. The van der Waals surface area contributed by atoms with Crippen LogP contribution in [-0.4, -0.2) is 35.2 Å². The maximum absolute atomic E-state index is 12.6. The van der Waals surface area contributed by atoms with Gasteiger partial charge in [-0.05, 0) is 81.0 Å². The number of para-hydroxylation sites is 1. The van der Waals surface area contributed by atoms with Gasteiger partial charge in [-0.15, -0.1) is 0 Å². The molecule has 6 heteroatoms. The third kappa shape index (κ3) is 5.62. The maximum atomic E-state index is 12.6. The number of hydrogen-bond donors (Lipinski definition) is 3. The van der Waals surface area contributed by atoms with Gasteiger partial charge in [0.15, 0.2) is 0 Å². The topological polar surface area (TPSA) is 87.8 Å². The molecule has 3 aromatic carbocycles. The maximum Gasteiger partial charge on any atom is 0.310 e. The van der Waals surface area contributed by atoms with E-state index in [9.17, 15) is 9.90 Å². The zero-order valence-corrected chi connectivity index (χ0v) is 24.4. The molecule has 4 N–H and O–H groups in total. The van der Waals surface area contributed by atoms with Crippen LogP contribution < -0.4 is 15.8 Å². The van der Waals surface area contributed by atoms with Gasteiger partial charge in [-0.3, -0.25) is 9.69 Å². The molecular formula is C33H43N3O3. The summed E-state index contributed by atoms with van der Waals surface area (Å²) in [6.07, 6.45) is 0.898. The van der Waals surface area contributed by atoms with E-state index in [4.69, 9.17) is 10.5 Å². The fraction of sp³-hybridized carbons (Fsp3) is 0.424. The molecule has 1 heterocycles. The van der Waals surface area contributed by atoms with E-state index in [1.54, 1.807) is 13.8 Å².